The molecule has 26 heavy (non-hydrogen) atoms. The third kappa shape index (κ3) is 4.20. The Labute approximate surface area is 166 Å². The van der Waals surface area contributed by atoms with E-state index < -0.39 is 0 Å². The summed E-state index contributed by atoms with van der Waals surface area (Å²) in [7, 11) is 1.72. The Balaban J connectivity index is 1.87. The maximum Gasteiger partial charge on any atom is 0.175 e. The molecule has 2 atom stereocenters. The van der Waals surface area contributed by atoms with Gasteiger partial charge in [0, 0.05) is 19.1 Å². The van der Waals surface area contributed by atoms with Gasteiger partial charge in [-0.25, -0.2) is 0 Å². The number of piperidine rings is 1. The molecule has 2 aliphatic heterocycles. The zero-order chi connectivity index (χ0) is 19.1. The number of hydrogen-bond acceptors (Lipinski definition) is 4. The van der Waals surface area contributed by atoms with Gasteiger partial charge in [0.2, 0.25) is 0 Å². The summed E-state index contributed by atoms with van der Waals surface area (Å²) >= 11 is 3.81. The number of methoxy groups -OCH3 is 1. The first kappa shape index (κ1) is 20.0. The molecule has 0 amide bonds. The fourth-order valence-corrected chi connectivity index (χ4v) is 4.89. The SMILES string of the molecule is COc1cc2c(c(Br)c1OC(C)C)CCN1CC(OC(C)(C)C)CCC21. The molecule has 1 aromatic rings. The molecule has 0 aromatic heterocycles. The number of rotatable bonds is 4. The van der Waals surface area contributed by atoms with E-state index in [1.807, 2.05) is 13.8 Å². The Morgan fingerprint density at radius 3 is 2.58 bits per heavy atom. The summed E-state index contributed by atoms with van der Waals surface area (Å²) in [4.78, 5) is 2.58. The molecule has 146 valence electrons. The van der Waals surface area contributed by atoms with Crippen LogP contribution in [0.1, 0.15) is 64.6 Å². The molecule has 1 aromatic carbocycles. The third-order valence-corrected chi connectivity index (χ3v) is 5.90. The Morgan fingerprint density at radius 2 is 1.96 bits per heavy atom. The molecule has 4 nitrogen and oxygen atoms in total. The molecule has 0 N–H and O–H groups in total. The highest BCUT2D eigenvalue weighted by Gasteiger charge is 2.37. The first-order valence-corrected chi connectivity index (χ1v) is 10.5. The zero-order valence-electron chi connectivity index (χ0n) is 16.9. The largest absolute Gasteiger partial charge is 0.493 e. The monoisotopic (exact) mass is 425 g/mol. The minimum atomic E-state index is -0.0828. The maximum atomic E-state index is 6.25. The number of halogens is 1. The van der Waals surface area contributed by atoms with Gasteiger partial charge < -0.3 is 14.2 Å². The molecule has 0 aliphatic carbocycles. The van der Waals surface area contributed by atoms with Crippen molar-refractivity contribution in [3.8, 4) is 11.5 Å². The Bertz CT molecular complexity index is 654. The highest BCUT2D eigenvalue weighted by atomic mass is 79.9. The Morgan fingerprint density at radius 1 is 1.23 bits per heavy atom. The number of nitrogens with zero attached hydrogens (tertiary/aromatic N) is 1. The Hall–Kier alpha value is -0.780. The van der Waals surface area contributed by atoms with E-state index >= 15 is 0 Å². The van der Waals surface area contributed by atoms with E-state index in [-0.39, 0.29) is 11.7 Å². The molecule has 2 unspecified atom stereocenters. The Kier molecular flexibility index (Phi) is 5.90. The van der Waals surface area contributed by atoms with Gasteiger partial charge in [0.1, 0.15) is 0 Å². The van der Waals surface area contributed by atoms with Gasteiger partial charge in [-0.2, -0.15) is 0 Å². The predicted octanol–water partition coefficient (Wildman–Crippen LogP) is 5.12. The summed E-state index contributed by atoms with van der Waals surface area (Å²) in [5, 5.41) is 0. The molecule has 5 heteroatoms. The van der Waals surface area contributed by atoms with Gasteiger partial charge in [-0.1, -0.05) is 0 Å². The second-order valence-electron chi connectivity index (χ2n) is 8.65. The van der Waals surface area contributed by atoms with Gasteiger partial charge in [-0.3, -0.25) is 4.90 Å². The molecule has 2 aliphatic rings. The second-order valence-corrected chi connectivity index (χ2v) is 9.44. The van der Waals surface area contributed by atoms with Crippen LogP contribution in [0.3, 0.4) is 0 Å². The molecule has 1 fully saturated rings. The molecule has 2 heterocycles. The fourth-order valence-electron chi connectivity index (χ4n) is 4.17. The number of benzene rings is 1. The maximum absolute atomic E-state index is 6.25. The average molecular weight is 426 g/mol. The summed E-state index contributed by atoms with van der Waals surface area (Å²) in [5.74, 6) is 1.65. The lowest BCUT2D eigenvalue weighted by Gasteiger charge is -2.45. The van der Waals surface area contributed by atoms with Crippen LogP contribution in [0.15, 0.2) is 10.5 Å². The van der Waals surface area contributed by atoms with Crippen molar-refractivity contribution in [3.05, 3.63) is 21.7 Å². The lowest BCUT2D eigenvalue weighted by Crippen LogP contribution is -2.47. The van der Waals surface area contributed by atoms with E-state index in [9.17, 15) is 0 Å². The highest BCUT2D eigenvalue weighted by Crippen LogP contribution is 2.47. The van der Waals surface area contributed by atoms with Crippen LogP contribution in [0.4, 0.5) is 0 Å². The van der Waals surface area contributed by atoms with Crippen LogP contribution < -0.4 is 9.47 Å². The van der Waals surface area contributed by atoms with E-state index in [0.717, 1.165) is 48.3 Å². The van der Waals surface area contributed by atoms with Crippen LogP contribution in [0.5, 0.6) is 11.5 Å². The van der Waals surface area contributed by atoms with Gasteiger partial charge in [-0.15, -0.1) is 0 Å². The van der Waals surface area contributed by atoms with Crippen molar-refractivity contribution < 1.29 is 14.2 Å². The molecule has 0 bridgehead atoms. The van der Waals surface area contributed by atoms with Crippen LogP contribution in [-0.2, 0) is 11.2 Å². The molecule has 1 saturated heterocycles. The normalized spacial score (nSPS) is 23.5. The summed E-state index contributed by atoms with van der Waals surface area (Å²) in [5.41, 5.74) is 2.67. The second kappa shape index (κ2) is 7.69. The van der Waals surface area contributed by atoms with Crippen molar-refractivity contribution in [3.63, 3.8) is 0 Å². The van der Waals surface area contributed by atoms with Crippen molar-refractivity contribution in [2.24, 2.45) is 0 Å². The van der Waals surface area contributed by atoms with Crippen LogP contribution in [0, 0.1) is 0 Å². The summed E-state index contributed by atoms with van der Waals surface area (Å²) in [6, 6.07) is 2.64. The third-order valence-electron chi connectivity index (χ3n) is 5.07. The van der Waals surface area contributed by atoms with Gasteiger partial charge in [0.05, 0.1) is 29.4 Å². The van der Waals surface area contributed by atoms with Crippen molar-refractivity contribution in [2.75, 3.05) is 20.2 Å². The topological polar surface area (TPSA) is 30.9 Å². The first-order chi connectivity index (χ1) is 12.2. The molecule has 3 rings (SSSR count). The first-order valence-electron chi connectivity index (χ1n) is 9.67. The molecule has 0 spiro atoms. The number of ether oxygens (including phenoxy) is 3. The van der Waals surface area contributed by atoms with E-state index in [1.165, 1.54) is 11.1 Å². The van der Waals surface area contributed by atoms with E-state index in [1.54, 1.807) is 7.11 Å². The minimum Gasteiger partial charge on any atom is -0.493 e. The van der Waals surface area contributed by atoms with Crippen molar-refractivity contribution >= 4 is 15.9 Å². The zero-order valence-corrected chi connectivity index (χ0v) is 18.5. The van der Waals surface area contributed by atoms with Crippen LogP contribution in [0.2, 0.25) is 0 Å². The van der Waals surface area contributed by atoms with Crippen LogP contribution in [-0.4, -0.2) is 42.9 Å². The molecular formula is C21H32BrNO3. The average Bonchev–Trinajstić information content (AvgIpc) is 2.54. The van der Waals surface area contributed by atoms with Crippen LogP contribution >= 0.6 is 15.9 Å². The van der Waals surface area contributed by atoms with E-state index in [2.05, 4.69) is 47.7 Å². The van der Waals surface area contributed by atoms with Gasteiger partial charge in [0.15, 0.2) is 11.5 Å². The quantitative estimate of drug-likeness (QED) is 0.669. The lowest BCUT2D eigenvalue weighted by molar-refractivity contribution is -0.0972. The highest BCUT2D eigenvalue weighted by molar-refractivity contribution is 9.10. The van der Waals surface area contributed by atoms with E-state index in [0.29, 0.717) is 12.1 Å². The van der Waals surface area contributed by atoms with Crippen molar-refractivity contribution in [1.29, 1.82) is 0 Å². The van der Waals surface area contributed by atoms with Crippen molar-refractivity contribution in [2.45, 2.75) is 77.7 Å². The molecule has 0 radical (unpaired) electrons. The summed E-state index contributed by atoms with van der Waals surface area (Å²) in [6.45, 7) is 12.6. The number of fused-ring (bicyclic) bond motifs is 3. The van der Waals surface area contributed by atoms with Gasteiger partial charge >= 0.3 is 0 Å². The predicted molar refractivity (Wildman–Crippen MR) is 108 cm³/mol. The standard InChI is InChI=1S/C21H32BrNO3/c1-13(2)25-20-18(24-6)11-16-15(19(20)22)9-10-23-12-14(7-8-17(16)23)26-21(3,4)5/h11,13-14,17H,7-10,12H2,1-6H3. The van der Waals surface area contributed by atoms with Crippen molar-refractivity contribution in [1.82, 2.24) is 4.90 Å². The molecule has 0 saturated carbocycles. The summed E-state index contributed by atoms with van der Waals surface area (Å²) < 4.78 is 19.0. The van der Waals surface area contributed by atoms with Gasteiger partial charge in [-0.05, 0) is 87.0 Å². The van der Waals surface area contributed by atoms with E-state index in [4.69, 9.17) is 14.2 Å². The fraction of sp³-hybridized carbons (Fsp3) is 0.714. The minimum absolute atomic E-state index is 0.0828. The van der Waals surface area contributed by atoms with Gasteiger partial charge in [0.25, 0.3) is 0 Å². The summed E-state index contributed by atoms with van der Waals surface area (Å²) in [6.07, 6.45) is 3.67. The lowest BCUT2D eigenvalue weighted by atomic mass is 9.85. The molecular weight excluding hydrogens is 394 g/mol. The van der Waals surface area contributed by atoms with Crippen LogP contribution in [0.25, 0.3) is 0 Å². The smallest absolute Gasteiger partial charge is 0.175 e. The number of hydrogen-bond donors (Lipinski definition) is 0.